The predicted molar refractivity (Wildman–Crippen MR) is 96.9 cm³/mol. The number of nitrogens with one attached hydrogen (secondary N) is 1. The highest BCUT2D eigenvalue weighted by Crippen LogP contribution is 2.15. The first-order chi connectivity index (χ1) is 12.1. The van der Waals surface area contributed by atoms with E-state index in [0.29, 0.717) is 18.0 Å². The fourth-order valence-electron chi connectivity index (χ4n) is 2.72. The van der Waals surface area contributed by atoms with Crippen LogP contribution in [0.1, 0.15) is 9.67 Å². The number of hydrogen-bond acceptors (Lipinski definition) is 5. The third kappa shape index (κ3) is 4.24. The van der Waals surface area contributed by atoms with Gasteiger partial charge in [0, 0.05) is 31.9 Å². The van der Waals surface area contributed by atoms with Crippen LogP contribution in [0.4, 0.5) is 5.69 Å². The maximum Gasteiger partial charge on any atom is 0.293 e. The van der Waals surface area contributed by atoms with Crippen LogP contribution in [0.2, 0.25) is 0 Å². The molecule has 1 aromatic heterocycles. The molecule has 1 saturated heterocycles. The van der Waals surface area contributed by atoms with Gasteiger partial charge >= 0.3 is 0 Å². The van der Waals surface area contributed by atoms with Gasteiger partial charge in [-0.3, -0.25) is 14.4 Å². The summed E-state index contributed by atoms with van der Waals surface area (Å²) in [4.78, 5) is 40.3. The molecule has 1 N–H and O–H groups in total. The number of thiophene rings is 1. The molecule has 130 valence electrons. The zero-order chi connectivity index (χ0) is 17.6. The molecule has 2 heterocycles. The van der Waals surface area contributed by atoms with E-state index in [-0.39, 0.29) is 12.5 Å². The molecular weight excluding hydrogens is 338 g/mol. The molecule has 1 aliphatic rings. The number of benzene rings is 1. The molecule has 1 aromatic carbocycles. The Morgan fingerprint density at radius 2 is 1.68 bits per heavy atom. The van der Waals surface area contributed by atoms with E-state index >= 15 is 0 Å². The minimum atomic E-state index is -0.737. The van der Waals surface area contributed by atoms with E-state index in [1.807, 2.05) is 30.3 Å². The van der Waals surface area contributed by atoms with Crippen molar-refractivity contribution < 1.29 is 14.4 Å². The van der Waals surface area contributed by atoms with Crippen LogP contribution in [-0.2, 0) is 9.59 Å². The lowest BCUT2D eigenvalue weighted by Crippen LogP contribution is -2.51. The van der Waals surface area contributed by atoms with Crippen LogP contribution in [0.15, 0.2) is 47.8 Å². The van der Waals surface area contributed by atoms with Crippen molar-refractivity contribution in [3.63, 3.8) is 0 Å². The van der Waals surface area contributed by atoms with Gasteiger partial charge in [0.1, 0.15) is 0 Å². The molecule has 3 rings (SSSR count). The number of nitrogens with zero attached hydrogens (tertiary/aromatic N) is 2. The van der Waals surface area contributed by atoms with E-state index in [2.05, 4.69) is 10.2 Å². The lowest BCUT2D eigenvalue weighted by Gasteiger charge is -2.36. The number of carbonyl (C=O) groups is 3. The first kappa shape index (κ1) is 17.2. The highest BCUT2D eigenvalue weighted by Gasteiger charge is 2.23. The number of rotatable bonds is 5. The highest BCUT2D eigenvalue weighted by molar-refractivity contribution is 7.13. The molecular formula is C18H19N3O3S. The topological polar surface area (TPSA) is 69.7 Å². The Hall–Kier alpha value is -2.67. The fourth-order valence-corrected chi connectivity index (χ4v) is 3.38. The maximum atomic E-state index is 12.2. The number of Topliss-reactive ketones (excluding diaryl/α,β-unsaturated/α-hetero) is 1. The second-order valence-electron chi connectivity index (χ2n) is 5.69. The van der Waals surface area contributed by atoms with Crippen molar-refractivity contribution in [2.24, 2.45) is 0 Å². The smallest absolute Gasteiger partial charge is 0.293 e. The van der Waals surface area contributed by atoms with Gasteiger partial charge in [0.2, 0.25) is 5.91 Å². The third-order valence-electron chi connectivity index (χ3n) is 4.11. The monoisotopic (exact) mass is 357 g/mol. The third-order valence-corrected chi connectivity index (χ3v) is 4.97. The summed E-state index contributed by atoms with van der Waals surface area (Å²) >= 11 is 1.21. The van der Waals surface area contributed by atoms with Crippen molar-refractivity contribution >= 4 is 34.6 Å². The van der Waals surface area contributed by atoms with Crippen molar-refractivity contribution in [2.45, 2.75) is 0 Å². The Morgan fingerprint density at radius 3 is 2.32 bits per heavy atom. The zero-order valence-electron chi connectivity index (χ0n) is 13.7. The van der Waals surface area contributed by atoms with Gasteiger partial charge in [-0.05, 0) is 23.6 Å². The fraction of sp³-hybridized carbons (Fsp3) is 0.278. The van der Waals surface area contributed by atoms with Crippen molar-refractivity contribution in [1.82, 2.24) is 10.2 Å². The zero-order valence-corrected chi connectivity index (χ0v) is 14.5. The summed E-state index contributed by atoms with van der Waals surface area (Å²) in [6.45, 7) is 2.54. The molecule has 0 bridgehead atoms. The largest absolute Gasteiger partial charge is 0.368 e. The van der Waals surface area contributed by atoms with Crippen molar-refractivity contribution in [2.75, 3.05) is 37.6 Å². The van der Waals surface area contributed by atoms with Crippen molar-refractivity contribution in [1.29, 1.82) is 0 Å². The highest BCUT2D eigenvalue weighted by atomic mass is 32.1. The lowest BCUT2D eigenvalue weighted by molar-refractivity contribution is -0.132. The molecule has 6 nitrogen and oxygen atoms in total. The van der Waals surface area contributed by atoms with Crippen LogP contribution >= 0.6 is 11.3 Å². The molecule has 1 aliphatic heterocycles. The molecule has 0 spiro atoms. The van der Waals surface area contributed by atoms with E-state index < -0.39 is 11.7 Å². The number of piperazine rings is 1. The van der Waals surface area contributed by atoms with Gasteiger partial charge in [-0.15, -0.1) is 11.3 Å². The van der Waals surface area contributed by atoms with E-state index in [0.717, 1.165) is 18.8 Å². The summed E-state index contributed by atoms with van der Waals surface area (Å²) in [5.41, 5.74) is 1.14. The molecule has 7 heteroatoms. The summed E-state index contributed by atoms with van der Waals surface area (Å²) in [5.74, 6) is -1.50. The summed E-state index contributed by atoms with van der Waals surface area (Å²) in [6.07, 6.45) is 0. The standard InChI is InChI=1S/C18H19N3O3S/c22-16(13-19-18(24)17(23)15-7-4-12-25-15)21-10-8-20(9-11-21)14-5-2-1-3-6-14/h1-7,12H,8-11,13H2,(H,19,24). The molecule has 1 fully saturated rings. The van der Waals surface area contributed by atoms with Crippen LogP contribution in [0, 0.1) is 0 Å². The number of para-hydroxylation sites is 1. The molecule has 2 aromatic rings. The van der Waals surface area contributed by atoms with Gasteiger partial charge in [0.15, 0.2) is 0 Å². The van der Waals surface area contributed by atoms with Gasteiger partial charge in [-0.1, -0.05) is 24.3 Å². The SMILES string of the molecule is O=C(NCC(=O)N1CCN(c2ccccc2)CC1)C(=O)c1cccs1. The van der Waals surface area contributed by atoms with Crippen LogP contribution in [0.3, 0.4) is 0 Å². The molecule has 25 heavy (non-hydrogen) atoms. The van der Waals surface area contributed by atoms with E-state index in [9.17, 15) is 14.4 Å². The van der Waals surface area contributed by atoms with Crippen LogP contribution in [0.25, 0.3) is 0 Å². The number of ketones is 1. The Bertz CT molecular complexity index is 738. The molecule has 0 radical (unpaired) electrons. The Kier molecular flexibility index (Phi) is 5.45. The summed E-state index contributed by atoms with van der Waals surface area (Å²) < 4.78 is 0. The first-order valence-electron chi connectivity index (χ1n) is 8.09. The van der Waals surface area contributed by atoms with Gasteiger partial charge in [0.25, 0.3) is 11.7 Å². The molecule has 0 unspecified atom stereocenters. The summed E-state index contributed by atoms with van der Waals surface area (Å²) in [5, 5.41) is 4.16. The Labute approximate surface area is 150 Å². The minimum absolute atomic E-state index is 0.152. The summed E-state index contributed by atoms with van der Waals surface area (Å²) in [7, 11) is 0. The van der Waals surface area contributed by atoms with Gasteiger partial charge in [-0.2, -0.15) is 0 Å². The van der Waals surface area contributed by atoms with Crippen molar-refractivity contribution in [3.05, 3.63) is 52.7 Å². The van der Waals surface area contributed by atoms with Crippen LogP contribution < -0.4 is 10.2 Å². The number of amides is 2. The van der Waals surface area contributed by atoms with Gasteiger partial charge < -0.3 is 15.1 Å². The number of anilines is 1. The number of carbonyl (C=O) groups excluding carboxylic acids is 3. The lowest BCUT2D eigenvalue weighted by atomic mass is 10.2. The Balaban J connectivity index is 1.45. The normalized spacial score (nSPS) is 14.2. The minimum Gasteiger partial charge on any atom is -0.368 e. The molecule has 0 aliphatic carbocycles. The first-order valence-corrected chi connectivity index (χ1v) is 8.97. The number of hydrogen-bond donors (Lipinski definition) is 1. The van der Waals surface area contributed by atoms with Gasteiger partial charge in [0.05, 0.1) is 11.4 Å². The molecule has 0 atom stereocenters. The van der Waals surface area contributed by atoms with Crippen molar-refractivity contribution in [3.8, 4) is 0 Å². The van der Waals surface area contributed by atoms with Gasteiger partial charge in [-0.25, -0.2) is 0 Å². The quantitative estimate of drug-likeness (QED) is 0.649. The van der Waals surface area contributed by atoms with E-state index in [1.54, 1.807) is 22.4 Å². The average Bonchev–Trinajstić information content (AvgIpc) is 3.21. The molecule has 0 saturated carbocycles. The summed E-state index contributed by atoms with van der Waals surface area (Å²) in [6, 6.07) is 13.4. The van der Waals surface area contributed by atoms with Crippen LogP contribution in [0.5, 0.6) is 0 Å². The van der Waals surface area contributed by atoms with E-state index in [1.165, 1.54) is 11.3 Å². The average molecular weight is 357 g/mol. The predicted octanol–water partition coefficient (Wildman–Crippen LogP) is 1.40. The van der Waals surface area contributed by atoms with E-state index in [4.69, 9.17) is 0 Å². The second kappa shape index (κ2) is 7.94. The Morgan fingerprint density at radius 1 is 0.960 bits per heavy atom. The molecule has 2 amide bonds. The van der Waals surface area contributed by atoms with Crippen LogP contribution in [-0.4, -0.2) is 55.2 Å². The maximum absolute atomic E-state index is 12.2. The second-order valence-corrected chi connectivity index (χ2v) is 6.64.